The largest absolute Gasteiger partial charge is 0.494 e. The fraction of sp³-hybridized carbons (Fsp3) is 0.143. The van der Waals surface area contributed by atoms with Gasteiger partial charge in [-0.25, -0.2) is 15.0 Å². The van der Waals surface area contributed by atoms with Crippen molar-refractivity contribution in [2.45, 2.75) is 13.3 Å². The first-order valence-electron chi connectivity index (χ1n) is 9.25. The second-order valence-electron chi connectivity index (χ2n) is 6.38. The lowest BCUT2D eigenvalue weighted by Gasteiger charge is -2.12. The van der Waals surface area contributed by atoms with E-state index in [1.54, 1.807) is 35.1 Å². The minimum absolute atomic E-state index is 0.283. The standard InChI is InChI=1S/C21H20N6O2/c1-2-12-29-15-7-5-14(6-8-15)17-13-18-23-10-11-27(18)21(25-17)26-20-16(19(22)28)4-3-9-24-20/h3-11,13H,2,12H2,1H3,(H2,22,28)(H,24,25,26). The first kappa shape index (κ1) is 18.4. The van der Waals surface area contributed by atoms with Crippen molar-refractivity contribution < 1.29 is 9.53 Å². The summed E-state index contributed by atoms with van der Waals surface area (Å²) >= 11 is 0. The van der Waals surface area contributed by atoms with Crippen molar-refractivity contribution in [1.29, 1.82) is 0 Å². The van der Waals surface area contributed by atoms with Gasteiger partial charge in [0.15, 0.2) is 0 Å². The van der Waals surface area contributed by atoms with E-state index in [9.17, 15) is 4.79 Å². The van der Waals surface area contributed by atoms with Gasteiger partial charge in [0.1, 0.15) is 17.2 Å². The van der Waals surface area contributed by atoms with E-state index < -0.39 is 5.91 Å². The monoisotopic (exact) mass is 388 g/mol. The SMILES string of the molecule is CCCOc1ccc(-c2cc3nccn3c(Nc3ncccc3C(N)=O)n2)cc1. The molecule has 0 saturated carbocycles. The fourth-order valence-electron chi connectivity index (χ4n) is 2.91. The third kappa shape index (κ3) is 3.86. The summed E-state index contributed by atoms with van der Waals surface area (Å²) in [5, 5.41) is 3.11. The van der Waals surface area contributed by atoms with E-state index >= 15 is 0 Å². The van der Waals surface area contributed by atoms with Gasteiger partial charge in [0, 0.05) is 30.2 Å². The average Bonchev–Trinajstić information content (AvgIpc) is 3.22. The number of nitrogens with two attached hydrogens (primary N) is 1. The zero-order valence-corrected chi connectivity index (χ0v) is 15.9. The van der Waals surface area contributed by atoms with Gasteiger partial charge in [0.2, 0.25) is 5.95 Å². The number of primary amides is 1. The third-order valence-electron chi connectivity index (χ3n) is 4.32. The van der Waals surface area contributed by atoms with Gasteiger partial charge in [-0.15, -0.1) is 0 Å². The molecule has 0 spiro atoms. The van der Waals surface area contributed by atoms with Crippen molar-refractivity contribution in [1.82, 2.24) is 19.4 Å². The van der Waals surface area contributed by atoms with E-state index in [0.29, 0.717) is 24.0 Å². The van der Waals surface area contributed by atoms with Gasteiger partial charge in [0.05, 0.1) is 17.9 Å². The van der Waals surface area contributed by atoms with E-state index in [2.05, 4.69) is 22.2 Å². The van der Waals surface area contributed by atoms with Gasteiger partial charge in [-0.05, 0) is 42.8 Å². The van der Waals surface area contributed by atoms with Gasteiger partial charge < -0.3 is 15.8 Å². The highest BCUT2D eigenvalue weighted by molar-refractivity contribution is 5.98. The van der Waals surface area contributed by atoms with Crippen molar-refractivity contribution in [2.24, 2.45) is 5.73 Å². The second kappa shape index (κ2) is 7.97. The van der Waals surface area contributed by atoms with Crippen molar-refractivity contribution in [2.75, 3.05) is 11.9 Å². The Hall–Kier alpha value is -3.94. The first-order chi connectivity index (χ1) is 14.2. The van der Waals surface area contributed by atoms with E-state index in [1.165, 1.54) is 0 Å². The molecule has 0 saturated heterocycles. The molecule has 0 atom stereocenters. The zero-order valence-electron chi connectivity index (χ0n) is 15.9. The Morgan fingerprint density at radius 1 is 1.17 bits per heavy atom. The number of pyridine rings is 1. The van der Waals surface area contributed by atoms with E-state index in [0.717, 1.165) is 23.4 Å². The molecule has 4 rings (SSSR count). The van der Waals surface area contributed by atoms with Crippen LogP contribution in [-0.2, 0) is 0 Å². The highest BCUT2D eigenvalue weighted by atomic mass is 16.5. The lowest BCUT2D eigenvalue weighted by atomic mass is 10.1. The summed E-state index contributed by atoms with van der Waals surface area (Å²) in [6.45, 7) is 2.75. The summed E-state index contributed by atoms with van der Waals surface area (Å²) in [5.41, 5.74) is 8.09. The molecular weight excluding hydrogens is 368 g/mol. The molecule has 1 aromatic carbocycles. The predicted molar refractivity (Wildman–Crippen MR) is 110 cm³/mol. The molecule has 3 N–H and O–H groups in total. The smallest absolute Gasteiger partial charge is 0.252 e. The molecule has 0 aliphatic carbocycles. The van der Waals surface area contributed by atoms with Crippen LogP contribution < -0.4 is 15.8 Å². The molecule has 3 aromatic heterocycles. The molecule has 29 heavy (non-hydrogen) atoms. The van der Waals surface area contributed by atoms with Gasteiger partial charge in [-0.1, -0.05) is 6.92 Å². The molecule has 3 heterocycles. The number of nitrogens with one attached hydrogen (secondary N) is 1. The number of hydrogen-bond acceptors (Lipinski definition) is 6. The maximum Gasteiger partial charge on any atom is 0.252 e. The minimum atomic E-state index is -0.568. The molecule has 4 aromatic rings. The Labute approximate surface area is 167 Å². The number of rotatable bonds is 7. The summed E-state index contributed by atoms with van der Waals surface area (Å²) in [6, 6.07) is 12.9. The minimum Gasteiger partial charge on any atom is -0.494 e. The number of carbonyl (C=O) groups excluding carboxylic acids is 1. The van der Waals surface area contributed by atoms with Crippen LogP contribution >= 0.6 is 0 Å². The number of nitrogens with zero attached hydrogens (tertiary/aromatic N) is 4. The predicted octanol–water partition coefficient (Wildman–Crippen LogP) is 3.42. The third-order valence-corrected chi connectivity index (χ3v) is 4.32. The van der Waals surface area contributed by atoms with Gasteiger partial charge in [-0.2, -0.15) is 0 Å². The average molecular weight is 388 g/mol. The van der Waals surface area contributed by atoms with Crippen LogP contribution in [0.15, 0.2) is 61.1 Å². The summed E-state index contributed by atoms with van der Waals surface area (Å²) in [5.74, 6) is 1.06. The summed E-state index contributed by atoms with van der Waals surface area (Å²) < 4.78 is 7.42. The number of amides is 1. The molecule has 8 heteroatoms. The quantitative estimate of drug-likeness (QED) is 0.502. The van der Waals surface area contributed by atoms with Crippen LogP contribution in [0.25, 0.3) is 16.9 Å². The number of ether oxygens (including phenoxy) is 1. The summed E-state index contributed by atoms with van der Waals surface area (Å²) in [4.78, 5) is 25.0. The van der Waals surface area contributed by atoms with E-state index in [1.807, 2.05) is 30.3 Å². The van der Waals surface area contributed by atoms with Crippen LogP contribution in [0.2, 0.25) is 0 Å². The first-order valence-corrected chi connectivity index (χ1v) is 9.25. The number of imidazole rings is 1. The molecule has 0 unspecified atom stereocenters. The van der Waals surface area contributed by atoms with Crippen LogP contribution in [0, 0.1) is 0 Å². The summed E-state index contributed by atoms with van der Waals surface area (Å²) in [7, 11) is 0. The molecule has 0 aliphatic heterocycles. The van der Waals surface area contributed by atoms with Gasteiger partial charge >= 0.3 is 0 Å². The molecule has 1 amide bonds. The Balaban J connectivity index is 1.72. The van der Waals surface area contributed by atoms with Gasteiger partial charge in [0.25, 0.3) is 5.91 Å². The highest BCUT2D eigenvalue weighted by Crippen LogP contribution is 2.25. The Morgan fingerprint density at radius 3 is 2.76 bits per heavy atom. The lowest BCUT2D eigenvalue weighted by Crippen LogP contribution is -2.15. The molecule has 0 bridgehead atoms. The molecule has 146 valence electrons. The number of anilines is 2. The van der Waals surface area contributed by atoms with Crippen LogP contribution in [0.5, 0.6) is 5.75 Å². The molecule has 0 radical (unpaired) electrons. The lowest BCUT2D eigenvalue weighted by molar-refractivity contribution is 0.100. The molecular formula is C21H20N6O2. The van der Waals surface area contributed by atoms with Crippen molar-refractivity contribution in [3.05, 3.63) is 66.6 Å². The molecule has 0 fully saturated rings. The van der Waals surface area contributed by atoms with Crippen molar-refractivity contribution in [3.8, 4) is 17.0 Å². The van der Waals surface area contributed by atoms with E-state index in [4.69, 9.17) is 15.5 Å². The number of aromatic nitrogens is 4. The topological polar surface area (TPSA) is 107 Å². The van der Waals surface area contributed by atoms with Crippen LogP contribution in [0.3, 0.4) is 0 Å². The normalized spacial score (nSPS) is 10.8. The Morgan fingerprint density at radius 2 is 2.00 bits per heavy atom. The Bertz CT molecular complexity index is 1150. The van der Waals surface area contributed by atoms with Crippen LogP contribution in [0.4, 0.5) is 11.8 Å². The number of benzene rings is 1. The van der Waals surface area contributed by atoms with Gasteiger partial charge in [-0.3, -0.25) is 9.20 Å². The van der Waals surface area contributed by atoms with Crippen molar-refractivity contribution in [3.63, 3.8) is 0 Å². The highest BCUT2D eigenvalue weighted by Gasteiger charge is 2.13. The second-order valence-corrected chi connectivity index (χ2v) is 6.38. The molecule has 0 aliphatic rings. The number of fused-ring (bicyclic) bond motifs is 1. The fourth-order valence-corrected chi connectivity index (χ4v) is 2.91. The summed E-state index contributed by atoms with van der Waals surface area (Å²) in [6.07, 6.45) is 6.00. The molecule has 8 nitrogen and oxygen atoms in total. The van der Waals surface area contributed by atoms with Crippen LogP contribution in [-0.4, -0.2) is 31.9 Å². The zero-order chi connectivity index (χ0) is 20.2. The number of hydrogen-bond donors (Lipinski definition) is 2. The van der Waals surface area contributed by atoms with Crippen LogP contribution in [0.1, 0.15) is 23.7 Å². The maximum absolute atomic E-state index is 11.7. The van der Waals surface area contributed by atoms with Crippen molar-refractivity contribution >= 4 is 23.3 Å². The van der Waals surface area contributed by atoms with E-state index in [-0.39, 0.29) is 5.56 Å². The number of carbonyl (C=O) groups is 1. The maximum atomic E-state index is 11.7. The Kier molecular flexibility index (Phi) is 5.07.